The molecule has 25 heteroatoms. The summed E-state index contributed by atoms with van der Waals surface area (Å²) in [4.78, 5) is 9.44. The molecular formula is C47H87Cl2F8K2N4O7S2+. The quantitative estimate of drug-likeness (QED) is 0.0332. The van der Waals surface area contributed by atoms with Gasteiger partial charge >= 0.3 is 126 Å². The van der Waals surface area contributed by atoms with Gasteiger partial charge < -0.3 is 26.3 Å². The molecule has 11 nitrogen and oxygen atoms in total. The van der Waals surface area contributed by atoms with Crippen LogP contribution in [0.15, 0.2) is 37.4 Å². The molecule has 2 heterocycles. The summed E-state index contributed by atoms with van der Waals surface area (Å²) in [5, 5.41) is -11.0. The molecule has 0 spiro atoms. The number of carbonyl (C=O) groups excluding carboxylic acids is 1. The fourth-order valence-corrected chi connectivity index (χ4v) is 6.90. The summed E-state index contributed by atoms with van der Waals surface area (Å²) in [7, 11) is -8.30. The van der Waals surface area contributed by atoms with E-state index < -0.39 is 43.6 Å². The number of rotatable bonds is 34. The van der Waals surface area contributed by atoms with E-state index in [0.29, 0.717) is 0 Å². The molecule has 0 aliphatic rings. The monoisotopic (exact) mass is 1180 g/mol. The van der Waals surface area contributed by atoms with Crippen LogP contribution in [0.25, 0.3) is 0 Å². The molecular weight excluding hydrogens is 1100 g/mol. The van der Waals surface area contributed by atoms with Crippen molar-refractivity contribution in [2.24, 2.45) is 14.1 Å². The van der Waals surface area contributed by atoms with Crippen LogP contribution < -0.4 is 124 Å². The summed E-state index contributed by atoms with van der Waals surface area (Å²) in [5.74, 6) is 0.167. The summed E-state index contributed by atoms with van der Waals surface area (Å²) < 4.78 is 154. The Morgan fingerprint density at radius 3 is 0.792 bits per heavy atom. The van der Waals surface area contributed by atoms with Gasteiger partial charge in [0.25, 0.3) is 0 Å². The van der Waals surface area contributed by atoms with Crippen LogP contribution in [-0.2, 0) is 52.2 Å². The Labute approximate surface area is 526 Å². The number of nitrogens with zero attached hydrogens (tertiary/aromatic N) is 4. The molecule has 0 radical (unpaired) electrons. The Morgan fingerprint density at radius 2 is 0.667 bits per heavy atom. The predicted molar refractivity (Wildman–Crippen MR) is 257 cm³/mol. The molecule has 0 N–H and O–H groups in total. The van der Waals surface area contributed by atoms with Crippen molar-refractivity contribution in [3.8, 4) is 0 Å². The largest absolute Gasteiger partial charge is 1.00 e. The van der Waals surface area contributed by atoms with Crippen molar-refractivity contribution < 1.29 is 190 Å². The van der Waals surface area contributed by atoms with Crippen LogP contribution >= 0.6 is 12.4 Å². The molecule has 420 valence electrons. The number of alkyl halides is 8. The minimum Gasteiger partial charge on any atom is -1.00 e. The molecule has 0 atom stereocenters. The van der Waals surface area contributed by atoms with Crippen LogP contribution in [0.1, 0.15) is 207 Å². The summed E-state index contributed by atoms with van der Waals surface area (Å²) in [6, 6.07) is 0. The van der Waals surface area contributed by atoms with Gasteiger partial charge in [0.15, 0.2) is 20.2 Å². The molecule has 0 saturated heterocycles. The fraction of sp³-hybridized carbons (Fsp3) is 0.851. The molecule has 2 aromatic heterocycles. The van der Waals surface area contributed by atoms with E-state index >= 15 is 0 Å². The van der Waals surface area contributed by atoms with Crippen molar-refractivity contribution in [3.05, 3.63) is 37.4 Å². The average Bonchev–Trinajstić information content (AvgIpc) is 3.87. The number of imidazole rings is 2. The van der Waals surface area contributed by atoms with Gasteiger partial charge in [-0.15, -0.1) is 12.4 Å². The van der Waals surface area contributed by atoms with Crippen molar-refractivity contribution in [2.75, 3.05) is 0 Å². The molecule has 2 aromatic rings. The Kier molecular flexibility index (Phi) is 65.5. The van der Waals surface area contributed by atoms with Crippen LogP contribution in [0.4, 0.5) is 35.1 Å². The number of unbranched alkanes of at least 4 members (excludes halogenated alkanes) is 26. The minimum absolute atomic E-state index is 0. The van der Waals surface area contributed by atoms with E-state index in [0.717, 1.165) is 0 Å². The van der Waals surface area contributed by atoms with E-state index in [1.807, 2.05) is 0 Å². The average molecular weight is 1190 g/mol. The smallest absolute Gasteiger partial charge is 1.00 e. The number of Topliss-reactive ketones (excluding diaryl/α,β-unsaturated/α-hetero) is 1. The molecule has 0 aromatic carbocycles. The molecule has 0 unspecified atom stereocenters. The molecule has 0 aliphatic carbocycles. The zero-order valence-corrected chi connectivity index (χ0v) is 54.1. The van der Waals surface area contributed by atoms with Crippen LogP contribution in [0.3, 0.4) is 0 Å². The van der Waals surface area contributed by atoms with Crippen LogP contribution in [-0.4, -0.2) is 64.2 Å². The second kappa shape index (κ2) is 54.2. The Bertz CT molecular complexity index is 1600. The first-order chi connectivity index (χ1) is 31.8. The first-order valence-electron chi connectivity index (χ1n) is 24.5. The first kappa shape index (κ1) is 87.1. The third-order valence-electron chi connectivity index (χ3n) is 10.4. The van der Waals surface area contributed by atoms with Gasteiger partial charge in [0.05, 0.1) is 27.2 Å². The van der Waals surface area contributed by atoms with E-state index in [2.05, 4.69) is 83.7 Å². The third-order valence-corrected chi connectivity index (χ3v) is 12.1. The molecule has 0 bridgehead atoms. The SMILES string of the molecule is CC(C)=O.CCCCCCCCCCCCCCCCn1cc[n+](C)c1.CCCCCCCCCCCCCCCCn1cc[n+](C)c1.Cl.O=S(=O)([O-])C(F)(F)C(F)F.O=S(=O)([O-])C(F)(F)C(F)F.[Cl-].[K+].[K+]. The second-order valence-corrected chi connectivity index (χ2v) is 20.3. The van der Waals surface area contributed by atoms with Gasteiger partial charge in [-0.05, 0) is 39.5 Å². The van der Waals surface area contributed by atoms with Crippen LogP contribution in [0.2, 0.25) is 0 Å². The van der Waals surface area contributed by atoms with E-state index in [-0.39, 0.29) is 133 Å². The third kappa shape index (κ3) is 53.2. The van der Waals surface area contributed by atoms with Crippen LogP contribution in [0, 0.1) is 0 Å². The van der Waals surface area contributed by atoms with Gasteiger partial charge in [-0.1, -0.05) is 168 Å². The van der Waals surface area contributed by atoms with Crippen molar-refractivity contribution in [1.82, 2.24) is 9.13 Å². The number of halogens is 10. The van der Waals surface area contributed by atoms with E-state index in [4.69, 9.17) is 0 Å². The summed E-state index contributed by atoms with van der Waals surface area (Å²) in [6.07, 6.45) is 44.1. The maximum Gasteiger partial charge on any atom is 1.00 e. The summed E-state index contributed by atoms with van der Waals surface area (Å²) in [6.45, 7) is 10.00. The minimum atomic E-state index is -6.23. The van der Waals surface area contributed by atoms with Gasteiger partial charge in [0.1, 0.15) is 30.6 Å². The number of carbonyl (C=O) groups is 1. The van der Waals surface area contributed by atoms with Gasteiger partial charge in [0, 0.05) is 0 Å². The molecule has 2 rings (SSSR count). The van der Waals surface area contributed by atoms with Crippen molar-refractivity contribution in [3.63, 3.8) is 0 Å². The predicted octanol–water partition coefficient (Wildman–Crippen LogP) is 4.40. The molecule has 0 saturated carbocycles. The van der Waals surface area contributed by atoms with Crippen LogP contribution in [0.5, 0.6) is 0 Å². The molecule has 0 fully saturated rings. The normalized spacial score (nSPS) is 11.1. The first-order valence-corrected chi connectivity index (χ1v) is 27.3. The number of aryl methyl sites for hydroxylation is 4. The maximum absolute atomic E-state index is 11.4. The number of hydrogen-bond donors (Lipinski definition) is 0. The van der Waals surface area contributed by atoms with E-state index in [1.165, 1.54) is 207 Å². The maximum atomic E-state index is 11.4. The number of aromatic nitrogens is 4. The zero-order valence-electron chi connectivity index (χ0n) is 44.6. The zero-order chi connectivity index (χ0) is 52.5. The van der Waals surface area contributed by atoms with E-state index in [1.54, 1.807) is 0 Å². The Balaban J connectivity index is -0.000000158. The van der Waals surface area contributed by atoms with Gasteiger partial charge in [-0.2, -0.15) is 17.6 Å². The van der Waals surface area contributed by atoms with Gasteiger partial charge in [0.2, 0.25) is 12.7 Å². The molecule has 0 aliphatic heterocycles. The van der Waals surface area contributed by atoms with E-state index in [9.17, 15) is 65.9 Å². The topological polar surface area (TPSA) is 149 Å². The number of hydrogen-bond acceptors (Lipinski definition) is 7. The molecule has 72 heavy (non-hydrogen) atoms. The fourth-order valence-electron chi connectivity index (χ4n) is 6.46. The van der Waals surface area contributed by atoms with Crippen molar-refractivity contribution in [2.45, 2.75) is 244 Å². The summed E-state index contributed by atoms with van der Waals surface area (Å²) >= 11 is 0. The van der Waals surface area contributed by atoms with Crippen molar-refractivity contribution in [1.29, 1.82) is 0 Å². The molecule has 0 amide bonds. The van der Waals surface area contributed by atoms with Gasteiger partial charge in [-0.3, -0.25) is 0 Å². The number of ketones is 1. The second-order valence-electron chi connectivity index (χ2n) is 17.4. The van der Waals surface area contributed by atoms with Crippen molar-refractivity contribution >= 4 is 38.4 Å². The summed E-state index contributed by atoms with van der Waals surface area (Å²) in [5.41, 5.74) is 0. The standard InChI is InChI=1S/2C20H39N2.C3H6O.2C2H2F4O3S.2ClH.2K/c2*1-3-4-5-6-7-8-9-10-11-12-13-14-15-16-17-22-19-18-21(2)20-22;1-3(2)4;2*3-1(4)2(5,6)10(7,8)9;;;;/h2*18-20H,3-17H2,1-2H3;1-2H3;2*1H,(H,7,8,9);2*1H;;/q2*+1;;;;;;2*+1/p-3. The Hall–Kier alpha value is 1.20. The Morgan fingerprint density at radius 1 is 0.486 bits per heavy atom. The van der Waals surface area contributed by atoms with Gasteiger partial charge in [-0.25, -0.2) is 52.7 Å².